The van der Waals surface area contributed by atoms with E-state index in [-0.39, 0.29) is 5.91 Å². The molecule has 1 aromatic carbocycles. The molecule has 0 aliphatic carbocycles. The molecule has 2 rings (SSSR count). The first-order valence-corrected chi connectivity index (χ1v) is 8.83. The van der Waals surface area contributed by atoms with Crippen molar-refractivity contribution in [3.8, 4) is 11.5 Å². The molecular formula is C20H27N3O3. The Morgan fingerprint density at radius 3 is 2.54 bits per heavy atom. The maximum atomic E-state index is 12.3. The van der Waals surface area contributed by atoms with Crippen molar-refractivity contribution in [3.05, 3.63) is 42.1 Å². The maximum Gasteiger partial charge on any atom is 0.224 e. The molecule has 0 fully saturated rings. The molecule has 0 atom stereocenters. The van der Waals surface area contributed by atoms with E-state index in [1.807, 2.05) is 12.1 Å². The first-order valence-electron chi connectivity index (χ1n) is 8.83. The summed E-state index contributed by atoms with van der Waals surface area (Å²) in [6.07, 6.45) is 2.84. The van der Waals surface area contributed by atoms with Crippen molar-refractivity contribution in [2.45, 2.75) is 26.7 Å². The lowest BCUT2D eigenvalue weighted by molar-refractivity contribution is -0.116. The number of nitrogens with zero attached hydrogens (tertiary/aromatic N) is 2. The normalized spacial score (nSPS) is 10.3. The number of amides is 1. The number of carbonyl (C=O) groups excluding carboxylic acids is 1. The minimum atomic E-state index is -0.0605. The molecule has 0 saturated carbocycles. The van der Waals surface area contributed by atoms with Gasteiger partial charge in [-0.3, -0.25) is 4.79 Å². The SMILES string of the molecule is CCN(CC)c1cc(CCC(=O)Nc2ccc(OC)cc2OC)ccn1. The molecule has 1 aromatic heterocycles. The largest absolute Gasteiger partial charge is 0.497 e. The van der Waals surface area contributed by atoms with Crippen molar-refractivity contribution in [2.24, 2.45) is 0 Å². The molecular weight excluding hydrogens is 330 g/mol. The minimum absolute atomic E-state index is 0.0605. The van der Waals surface area contributed by atoms with Crippen LogP contribution in [0.1, 0.15) is 25.8 Å². The molecule has 0 aliphatic rings. The Balaban J connectivity index is 1.98. The van der Waals surface area contributed by atoms with Gasteiger partial charge >= 0.3 is 0 Å². The first kappa shape index (κ1) is 19.6. The molecule has 0 unspecified atom stereocenters. The number of nitrogens with one attached hydrogen (secondary N) is 1. The zero-order valence-corrected chi connectivity index (χ0v) is 15.9. The Morgan fingerprint density at radius 2 is 1.88 bits per heavy atom. The van der Waals surface area contributed by atoms with Crippen molar-refractivity contribution in [3.63, 3.8) is 0 Å². The van der Waals surface area contributed by atoms with Gasteiger partial charge in [-0.05, 0) is 50.1 Å². The van der Waals surface area contributed by atoms with Crippen LogP contribution in [0, 0.1) is 0 Å². The van der Waals surface area contributed by atoms with Crippen molar-refractivity contribution >= 4 is 17.4 Å². The number of anilines is 2. The van der Waals surface area contributed by atoms with E-state index in [4.69, 9.17) is 9.47 Å². The van der Waals surface area contributed by atoms with Crippen LogP contribution in [-0.4, -0.2) is 38.2 Å². The van der Waals surface area contributed by atoms with Crippen molar-refractivity contribution in [1.29, 1.82) is 0 Å². The fourth-order valence-electron chi connectivity index (χ4n) is 2.71. The highest BCUT2D eigenvalue weighted by Crippen LogP contribution is 2.29. The second-order valence-electron chi connectivity index (χ2n) is 5.81. The van der Waals surface area contributed by atoms with Crippen molar-refractivity contribution in [1.82, 2.24) is 4.98 Å². The van der Waals surface area contributed by atoms with E-state index in [0.717, 1.165) is 24.5 Å². The number of rotatable bonds is 9. The quantitative estimate of drug-likeness (QED) is 0.744. The summed E-state index contributed by atoms with van der Waals surface area (Å²) in [5.74, 6) is 2.14. The number of aryl methyl sites for hydroxylation is 1. The summed E-state index contributed by atoms with van der Waals surface area (Å²) < 4.78 is 10.5. The maximum absolute atomic E-state index is 12.3. The molecule has 0 aliphatic heterocycles. The lowest BCUT2D eigenvalue weighted by Crippen LogP contribution is -2.23. The smallest absolute Gasteiger partial charge is 0.224 e. The highest BCUT2D eigenvalue weighted by atomic mass is 16.5. The molecule has 0 bridgehead atoms. The van der Waals surface area contributed by atoms with E-state index in [1.165, 1.54) is 0 Å². The molecule has 2 aromatic rings. The Morgan fingerprint density at radius 1 is 1.12 bits per heavy atom. The zero-order valence-electron chi connectivity index (χ0n) is 15.9. The summed E-state index contributed by atoms with van der Waals surface area (Å²) in [5, 5.41) is 2.90. The van der Waals surface area contributed by atoms with Crippen molar-refractivity contribution in [2.75, 3.05) is 37.5 Å². The number of benzene rings is 1. The molecule has 1 amide bonds. The van der Waals surface area contributed by atoms with E-state index < -0.39 is 0 Å². The predicted octanol–water partition coefficient (Wildman–Crippen LogP) is 3.52. The van der Waals surface area contributed by atoms with Crippen LogP contribution >= 0.6 is 0 Å². The number of carbonyl (C=O) groups is 1. The first-order chi connectivity index (χ1) is 12.6. The van der Waals surface area contributed by atoms with Crippen LogP contribution in [0.2, 0.25) is 0 Å². The third-order valence-electron chi connectivity index (χ3n) is 4.22. The van der Waals surface area contributed by atoms with Gasteiger partial charge in [0.05, 0.1) is 19.9 Å². The highest BCUT2D eigenvalue weighted by Gasteiger charge is 2.10. The van der Waals surface area contributed by atoms with Crippen LogP contribution in [0.15, 0.2) is 36.5 Å². The summed E-state index contributed by atoms with van der Waals surface area (Å²) in [6, 6.07) is 9.31. The van der Waals surface area contributed by atoms with Crippen LogP contribution in [0.3, 0.4) is 0 Å². The Bertz CT molecular complexity index is 730. The lowest BCUT2D eigenvalue weighted by Gasteiger charge is -2.20. The summed E-state index contributed by atoms with van der Waals surface area (Å²) >= 11 is 0. The van der Waals surface area contributed by atoms with Crippen LogP contribution in [0.4, 0.5) is 11.5 Å². The van der Waals surface area contributed by atoms with Gasteiger partial charge in [-0.15, -0.1) is 0 Å². The minimum Gasteiger partial charge on any atom is -0.497 e. The summed E-state index contributed by atoms with van der Waals surface area (Å²) in [4.78, 5) is 18.9. The molecule has 1 N–H and O–H groups in total. The van der Waals surface area contributed by atoms with Crippen molar-refractivity contribution < 1.29 is 14.3 Å². The highest BCUT2D eigenvalue weighted by molar-refractivity contribution is 5.92. The van der Waals surface area contributed by atoms with Crippen LogP contribution in [0.25, 0.3) is 0 Å². The van der Waals surface area contributed by atoms with E-state index >= 15 is 0 Å². The summed E-state index contributed by atoms with van der Waals surface area (Å²) in [6.45, 7) is 6.02. The average molecular weight is 357 g/mol. The van der Waals surface area contributed by atoms with E-state index in [0.29, 0.717) is 30.0 Å². The van der Waals surface area contributed by atoms with Crippen LogP contribution in [0.5, 0.6) is 11.5 Å². The number of hydrogen-bond donors (Lipinski definition) is 1. The van der Waals surface area contributed by atoms with Gasteiger partial charge < -0.3 is 19.7 Å². The van der Waals surface area contributed by atoms with Gasteiger partial charge in [-0.2, -0.15) is 0 Å². The van der Waals surface area contributed by atoms with Crippen LogP contribution < -0.4 is 19.7 Å². The third kappa shape index (κ3) is 5.12. The van der Waals surface area contributed by atoms with Gasteiger partial charge in [0.1, 0.15) is 17.3 Å². The topological polar surface area (TPSA) is 63.7 Å². The fourth-order valence-corrected chi connectivity index (χ4v) is 2.71. The number of pyridine rings is 1. The second-order valence-corrected chi connectivity index (χ2v) is 5.81. The summed E-state index contributed by atoms with van der Waals surface area (Å²) in [5.41, 5.74) is 1.73. The Labute approximate surface area is 155 Å². The van der Waals surface area contributed by atoms with Gasteiger partial charge in [-0.25, -0.2) is 4.98 Å². The molecule has 6 nitrogen and oxygen atoms in total. The second kappa shape index (κ2) is 9.65. The molecule has 0 saturated heterocycles. The molecule has 26 heavy (non-hydrogen) atoms. The van der Waals surface area contributed by atoms with E-state index in [2.05, 4.69) is 29.0 Å². The molecule has 6 heteroatoms. The Hall–Kier alpha value is -2.76. The number of ether oxygens (including phenoxy) is 2. The lowest BCUT2D eigenvalue weighted by atomic mass is 10.1. The van der Waals surface area contributed by atoms with Gasteiger partial charge in [0.25, 0.3) is 0 Å². The fraction of sp³-hybridized carbons (Fsp3) is 0.400. The van der Waals surface area contributed by atoms with Crippen LogP contribution in [-0.2, 0) is 11.2 Å². The number of methoxy groups -OCH3 is 2. The third-order valence-corrected chi connectivity index (χ3v) is 4.22. The average Bonchev–Trinajstić information content (AvgIpc) is 2.68. The predicted molar refractivity (Wildman–Crippen MR) is 104 cm³/mol. The zero-order chi connectivity index (χ0) is 18.9. The number of aromatic nitrogens is 1. The van der Waals surface area contributed by atoms with E-state index in [1.54, 1.807) is 38.6 Å². The molecule has 140 valence electrons. The standard InChI is InChI=1S/C20H27N3O3/c1-5-23(6-2)19-13-15(11-12-21-19)7-10-20(24)22-17-9-8-16(25-3)14-18(17)26-4/h8-9,11-14H,5-7,10H2,1-4H3,(H,22,24). The molecule has 0 radical (unpaired) electrons. The molecule has 1 heterocycles. The van der Waals surface area contributed by atoms with Gasteiger partial charge in [0.2, 0.25) is 5.91 Å². The Kier molecular flexibility index (Phi) is 7.26. The van der Waals surface area contributed by atoms with Gasteiger partial charge in [0, 0.05) is 31.8 Å². The van der Waals surface area contributed by atoms with Gasteiger partial charge in [0.15, 0.2) is 0 Å². The van der Waals surface area contributed by atoms with E-state index in [9.17, 15) is 4.79 Å². The summed E-state index contributed by atoms with van der Waals surface area (Å²) in [7, 11) is 3.16. The monoisotopic (exact) mass is 357 g/mol. The molecule has 0 spiro atoms. The van der Waals surface area contributed by atoms with Gasteiger partial charge in [-0.1, -0.05) is 0 Å². The number of hydrogen-bond acceptors (Lipinski definition) is 5.